The Hall–Kier alpha value is -0.240. The first-order valence-corrected chi connectivity index (χ1v) is 6.55. The van der Waals surface area contributed by atoms with Gasteiger partial charge in [0.2, 0.25) is 0 Å². The summed E-state index contributed by atoms with van der Waals surface area (Å²) in [4.78, 5) is 11.7. The van der Waals surface area contributed by atoms with Gasteiger partial charge in [0.15, 0.2) is 0 Å². The van der Waals surface area contributed by atoms with Crippen LogP contribution < -0.4 is 0 Å². The van der Waals surface area contributed by atoms with Crippen molar-refractivity contribution in [2.75, 3.05) is 0 Å². The van der Waals surface area contributed by atoms with Crippen LogP contribution in [0.25, 0.3) is 0 Å². The number of fused-ring (bicyclic) bond motifs is 2. The van der Waals surface area contributed by atoms with Crippen LogP contribution in [-0.2, 0) is 9.53 Å². The predicted molar refractivity (Wildman–Crippen MR) is 64.4 cm³/mol. The van der Waals surface area contributed by atoms with Crippen LogP contribution in [0.4, 0.5) is 0 Å². The van der Waals surface area contributed by atoms with Crippen LogP contribution in [0.1, 0.15) is 47.0 Å². The highest BCUT2D eigenvalue weighted by molar-refractivity contribution is 6.29. The number of alkyl halides is 1. The lowest BCUT2D eigenvalue weighted by Crippen LogP contribution is -2.44. The van der Waals surface area contributed by atoms with Gasteiger partial charge in [-0.15, -0.1) is 11.6 Å². The lowest BCUT2D eigenvalue weighted by molar-refractivity contribution is -0.163. The van der Waals surface area contributed by atoms with Gasteiger partial charge in [0.25, 0.3) is 0 Å². The van der Waals surface area contributed by atoms with Gasteiger partial charge in [0, 0.05) is 10.8 Å². The smallest absolute Gasteiger partial charge is 0.324 e. The first-order valence-electron chi connectivity index (χ1n) is 6.12. The average Bonchev–Trinajstić information content (AvgIpc) is 2.63. The zero-order chi connectivity index (χ0) is 12.1. The Morgan fingerprint density at radius 1 is 1.44 bits per heavy atom. The molecule has 2 bridgehead atoms. The molecule has 4 unspecified atom stereocenters. The largest absolute Gasteiger partial charge is 0.460 e. The van der Waals surface area contributed by atoms with Gasteiger partial charge in [-0.3, -0.25) is 4.79 Å². The third kappa shape index (κ3) is 1.66. The van der Waals surface area contributed by atoms with Crippen molar-refractivity contribution >= 4 is 17.6 Å². The van der Waals surface area contributed by atoms with Crippen LogP contribution in [-0.4, -0.2) is 17.5 Å². The second-order valence-electron chi connectivity index (χ2n) is 6.35. The Kier molecular flexibility index (Phi) is 2.77. The molecule has 0 amide bonds. The van der Waals surface area contributed by atoms with E-state index >= 15 is 0 Å². The fraction of sp³-hybridized carbons (Fsp3) is 0.923. The molecule has 0 aliphatic heterocycles. The van der Waals surface area contributed by atoms with E-state index in [0.29, 0.717) is 5.92 Å². The maximum absolute atomic E-state index is 11.7. The minimum atomic E-state index is -0.543. The lowest BCUT2D eigenvalue weighted by atomic mass is 9.70. The molecule has 2 nitrogen and oxygen atoms in total. The molecule has 0 spiro atoms. The van der Waals surface area contributed by atoms with Gasteiger partial charge in [-0.05, 0) is 32.1 Å². The van der Waals surface area contributed by atoms with Crippen LogP contribution in [0.3, 0.4) is 0 Å². The number of rotatable bonds is 2. The Bertz CT molecular complexity index is 306. The Balaban J connectivity index is 2.17. The van der Waals surface area contributed by atoms with Crippen molar-refractivity contribution in [1.29, 1.82) is 0 Å². The van der Waals surface area contributed by atoms with E-state index in [-0.39, 0.29) is 22.9 Å². The molecule has 0 N–H and O–H groups in total. The molecule has 92 valence electrons. The van der Waals surface area contributed by atoms with Crippen molar-refractivity contribution in [3.8, 4) is 0 Å². The summed E-state index contributed by atoms with van der Waals surface area (Å²) < 4.78 is 5.65. The Labute approximate surface area is 103 Å². The normalized spacial score (nSPS) is 42.1. The lowest BCUT2D eigenvalue weighted by Gasteiger charge is -2.41. The van der Waals surface area contributed by atoms with Gasteiger partial charge < -0.3 is 4.74 Å². The molecule has 2 rings (SSSR count). The summed E-state index contributed by atoms with van der Waals surface area (Å²) in [6.45, 7) is 8.36. The highest BCUT2D eigenvalue weighted by Crippen LogP contribution is 2.63. The van der Waals surface area contributed by atoms with Crippen molar-refractivity contribution < 1.29 is 9.53 Å². The van der Waals surface area contributed by atoms with Crippen molar-refractivity contribution in [3.05, 3.63) is 0 Å². The first kappa shape index (κ1) is 12.2. The zero-order valence-electron chi connectivity index (χ0n) is 10.5. The summed E-state index contributed by atoms with van der Waals surface area (Å²) in [6.07, 6.45) is 3.67. The summed E-state index contributed by atoms with van der Waals surface area (Å²) in [6, 6.07) is 0. The zero-order valence-corrected chi connectivity index (χ0v) is 11.3. The van der Waals surface area contributed by atoms with Gasteiger partial charge >= 0.3 is 5.97 Å². The van der Waals surface area contributed by atoms with Crippen molar-refractivity contribution in [2.24, 2.45) is 16.7 Å². The summed E-state index contributed by atoms with van der Waals surface area (Å²) in [5.74, 6) is 0.425. The average molecular weight is 245 g/mol. The van der Waals surface area contributed by atoms with E-state index in [2.05, 4.69) is 20.8 Å². The van der Waals surface area contributed by atoms with Crippen LogP contribution in [0, 0.1) is 16.7 Å². The highest BCUT2D eigenvalue weighted by atomic mass is 35.5. The number of carbonyl (C=O) groups is 1. The van der Waals surface area contributed by atoms with E-state index in [1.807, 2.05) is 0 Å². The Morgan fingerprint density at radius 3 is 2.50 bits per heavy atom. The fourth-order valence-electron chi connectivity index (χ4n) is 3.76. The molecular weight excluding hydrogens is 224 g/mol. The quantitative estimate of drug-likeness (QED) is 0.550. The molecule has 3 heteroatoms. The number of esters is 1. The molecule has 0 heterocycles. The molecule has 16 heavy (non-hydrogen) atoms. The topological polar surface area (TPSA) is 26.3 Å². The van der Waals surface area contributed by atoms with Gasteiger partial charge in [-0.1, -0.05) is 20.8 Å². The number of hydrogen-bond acceptors (Lipinski definition) is 2. The SMILES string of the molecule is CC(Cl)C(=O)OC1C2(C)CCC(C2)C1(C)C. The molecule has 2 saturated carbocycles. The molecule has 2 fully saturated rings. The first-order chi connectivity index (χ1) is 7.27. The number of hydrogen-bond donors (Lipinski definition) is 0. The standard InChI is InChI=1S/C13H21ClO2/c1-8(14)10(15)16-11-12(2,3)9-5-6-13(11,4)7-9/h8-9,11H,5-7H2,1-4H3. The highest BCUT2D eigenvalue weighted by Gasteiger charge is 2.61. The molecule has 2 aliphatic rings. The van der Waals surface area contributed by atoms with Crippen LogP contribution >= 0.6 is 11.6 Å². The van der Waals surface area contributed by atoms with Gasteiger partial charge in [-0.2, -0.15) is 0 Å². The van der Waals surface area contributed by atoms with Crippen molar-refractivity contribution in [3.63, 3.8) is 0 Å². The van der Waals surface area contributed by atoms with Crippen molar-refractivity contribution in [1.82, 2.24) is 0 Å². The van der Waals surface area contributed by atoms with E-state index < -0.39 is 5.38 Å². The molecule has 0 aromatic heterocycles. The predicted octanol–water partition coefficient (Wildman–Crippen LogP) is 3.37. The Morgan fingerprint density at radius 2 is 2.06 bits per heavy atom. The third-order valence-electron chi connectivity index (χ3n) is 4.70. The number of halogens is 1. The second kappa shape index (κ2) is 3.63. The molecule has 0 aromatic carbocycles. The second-order valence-corrected chi connectivity index (χ2v) is 7.00. The summed E-state index contributed by atoms with van der Waals surface area (Å²) in [5, 5.41) is -0.543. The van der Waals surface area contributed by atoms with Crippen LogP contribution in [0.15, 0.2) is 0 Å². The van der Waals surface area contributed by atoms with E-state index in [4.69, 9.17) is 16.3 Å². The van der Waals surface area contributed by atoms with Crippen molar-refractivity contribution in [2.45, 2.75) is 58.4 Å². The maximum atomic E-state index is 11.7. The number of ether oxygens (including phenoxy) is 1. The number of carbonyl (C=O) groups excluding carboxylic acids is 1. The summed E-state index contributed by atoms with van der Waals surface area (Å²) in [5.41, 5.74) is 0.282. The monoisotopic (exact) mass is 244 g/mol. The van der Waals surface area contributed by atoms with Gasteiger partial charge in [0.1, 0.15) is 11.5 Å². The maximum Gasteiger partial charge on any atom is 0.324 e. The van der Waals surface area contributed by atoms with Crippen LogP contribution in [0.5, 0.6) is 0 Å². The molecule has 4 atom stereocenters. The van der Waals surface area contributed by atoms with Gasteiger partial charge in [0.05, 0.1) is 0 Å². The van der Waals surface area contributed by atoms with Crippen LogP contribution in [0.2, 0.25) is 0 Å². The minimum absolute atomic E-state index is 0.0347. The molecule has 0 aromatic rings. The third-order valence-corrected chi connectivity index (χ3v) is 4.87. The van der Waals surface area contributed by atoms with E-state index in [9.17, 15) is 4.79 Å². The molecule has 0 radical (unpaired) electrons. The van der Waals surface area contributed by atoms with E-state index in [0.717, 1.165) is 0 Å². The van der Waals surface area contributed by atoms with E-state index in [1.54, 1.807) is 6.92 Å². The minimum Gasteiger partial charge on any atom is -0.460 e. The summed E-state index contributed by atoms with van der Waals surface area (Å²) >= 11 is 5.77. The summed E-state index contributed by atoms with van der Waals surface area (Å²) in [7, 11) is 0. The molecule has 2 aliphatic carbocycles. The fourth-order valence-corrected chi connectivity index (χ4v) is 3.81. The molecule has 0 saturated heterocycles. The van der Waals surface area contributed by atoms with Gasteiger partial charge in [-0.25, -0.2) is 0 Å². The molecular formula is C13H21ClO2. The van der Waals surface area contributed by atoms with E-state index in [1.165, 1.54) is 19.3 Å².